The predicted molar refractivity (Wildman–Crippen MR) is 114 cm³/mol. The zero-order chi connectivity index (χ0) is 19.3. The van der Waals surface area contributed by atoms with Crippen LogP contribution in [0.4, 0.5) is 5.69 Å². The van der Waals surface area contributed by atoms with Crippen LogP contribution in [0.2, 0.25) is 0 Å². The van der Waals surface area contributed by atoms with Crippen molar-refractivity contribution in [1.29, 1.82) is 5.26 Å². The molecule has 0 radical (unpaired) electrons. The fraction of sp³-hybridized carbons (Fsp3) is 0.273. The summed E-state index contributed by atoms with van der Waals surface area (Å²) in [6.07, 6.45) is 6.73. The van der Waals surface area contributed by atoms with Crippen LogP contribution in [-0.4, -0.2) is 33.1 Å². The first kappa shape index (κ1) is 18.6. The molecule has 1 aliphatic rings. The Labute approximate surface area is 170 Å². The van der Waals surface area contributed by atoms with Gasteiger partial charge in [0.05, 0.1) is 30.2 Å². The van der Waals surface area contributed by atoms with Crippen molar-refractivity contribution < 1.29 is 0 Å². The first-order chi connectivity index (χ1) is 13.8. The van der Waals surface area contributed by atoms with Crippen LogP contribution >= 0.6 is 11.9 Å². The molecule has 0 unspecified atom stereocenters. The third kappa shape index (κ3) is 4.06. The van der Waals surface area contributed by atoms with Gasteiger partial charge in [0.15, 0.2) is 0 Å². The van der Waals surface area contributed by atoms with E-state index in [0.29, 0.717) is 11.6 Å². The molecule has 0 amide bonds. The van der Waals surface area contributed by atoms with Crippen molar-refractivity contribution >= 4 is 17.6 Å². The Morgan fingerprint density at radius 1 is 1.25 bits per heavy atom. The highest BCUT2D eigenvalue weighted by Gasteiger charge is 2.28. The summed E-state index contributed by atoms with van der Waals surface area (Å²) in [6.45, 7) is 2.50. The molecule has 0 spiro atoms. The summed E-state index contributed by atoms with van der Waals surface area (Å²) in [7, 11) is 0. The molecule has 4 rings (SSSR count). The average molecular weight is 390 g/mol. The van der Waals surface area contributed by atoms with E-state index in [1.165, 1.54) is 16.8 Å². The molecule has 2 aromatic carbocycles. The first-order valence-corrected chi connectivity index (χ1v) is 10.5. The van der Waals surface area contributed by atoms with E-state index in [0.717, 1.165) is 31.7 Å². The number of aromatic nitrogens is 2. The van der Waals surface area contributed by atoms with Gasteiger partial charge in [-0.25, -0.2) is 9.29 Å². The first-order valence-electron chi connectivity index (χ1n) is 9.36. The van der Waals surface area contributed by atoms with Crippen molar-refractivity contribution in [3.8, 4) is 6.07 Å². The number of nitriles is 1. The van der Waals surface area contributed by atoms with Gasteiger partial charge in [-0.1, -0.05) is 42.3 Å². The van der Waals surface area contributed by atoms with Crippen LogP contribution in [0.25, 0.3) is 0 Å². The lowest BCUT2D eigenvalue weighted by Gasteiger charge is -2.31. The van der Waals surface area contributed by atoms with Crippen molar-refractivity contribution in [2.75, 3.05) is 17.7 Å². The molecule has 6 heteroatoms. The van der Waals surface area contributed by atoms with Crippen molar-refractivity contribution in [3.05, 3.63) is 83.4 Å². The molecule has 142 valence electrons. The van der Waals surface area contributed by atoms with Gasteiger partial charge in [-0.15, -0.1) is 0 Å². The molecular weight excluding hydrogens is 366 g/mol. The van der Waals surface area contributed by atoms with Crippen LogP contribution in [0.3, 0.4) is 0 Å². The van der Waals surface area contributed by atoms with Crippen LogP contribution in [0, 0.1) is 11.3 Å². The molecule has 1 aliphatic heterocycles. The van der Waals surface area contributed by atoms with Crippen LogP contribution in [0.5, 0.6) is 0 Å². The second-order valence-electron chi connectivity index (χ2n) is 7.01. The molecule has 1 N–H and O–H groups in total. The molecule has 1 aromatic heterocycles. The molecule has 0 bridgehead atoms. The molecule has 0 saturated heterocycles. The van der Waals surface area contributed by atoms with Gasteiger partial charge in [-0.2, -0.15) is 5.26 Å². The zero-order valence-corrected chi connectivity index (χ0v) is 16.7. The topological polar surface area (TPSA) is 59.0 Å². The number of rotatable bonds is 5. The molecular formula is C22H23N5S. The lowest BCUT2D eigenvalue weighted by Crippen LogP contribution is -2.39. The standard InChI is InChI=1S/C22H23N5S/c1-28-27-13-19-9-18(11-23)7-8-22(19)26(14-20-12-24-16-25-20)15-21(27)10-17-5-3-2-4-6-17/h2-9,12,16,21H,10,13-15H2,1H3,(H,24,25)/t21-/m1/s1. The highest BCUT2D eigenvalue weighted by molar-refractivity contribution is 7.96. The normalized spacial score (nSPS) is 17.0. The number of anilines is 1. The van der Waals surface area contributed by atoms with Crippen LogP contribution in [-0.2, 0) is 19.5 Å². The van der Waals surface area contributed by atoms with E-state index in [-0.39, 0.29) is 0 Å². The van der Waals surface area contributed by atoms with Crippen LogP contribution < -0.4 is 4.90 Å². The number of H-pyrrole nitrogens is 1. The van der Waals surface area contributed by atoms with Crippen LogP contribution in [0.1, 0.15) is 22.4 Å². The Morgan fingerprint density at radius 3 is 2.82 bits per heavy atom. The van der Waals surface area contributed by atoms with Crippen molar-refractivity contribution in [2.45, 2.75) is 25.6 Å². The van der Waals surface area contributed by atoms with E-state index in [2.05, 4.69) is 67.9 Å². The number of nitrogens with zero attached hydrogens (tertiary/aromatic N) is 4. The number of imidazole rings is 1. The van der Waals surface area contributed by atoms with Gasteiger partial charge in [0.2, 0.25) is 0 Å². The van der Waals surface area contributed by atoms with Gasteiger partial charge in [0, 0.05) is 31.0 Å². The quantitative estimate of drug-likeness (QED) is 0.669. The fourth-order valence-corrected chi connectivity index (χ4v) is 4.53. The summed E-state index contributed by atoms with van der Waals surface area (Å²) in [6, 6.07) is 19.3. The molecule has 5 nitrogen and oxygen atoms in total. The van der Waals surface area contributed by atoms with Gasteiger partial charge < -0.3 is 9.88 Å². The van der Waals surface area contributed by atoms with E-state index >= 15 is 0 Å². The zero-order valence-electron chi connectivity index (χ0n) is 15.9. The number of benzene rings is 2. The van der Waals surface area contributed by atoms with Crippen molar-refractivity contribution in [1.82, 2.24) is 14.3 Å². The average Bonchev–Trinajstić information content (AvgIpc) is 3.19. The van der Waals surface area contributed by atoms with Crippen LogP contribution in [0.15, 0.2) is 61.1 Å². The minimum Gasteiger partial charge on any atom is -0.364 e. The molecule has 28 heavy (non-hydrogen) atoms. The third-order valence-corrected chi connectivity index (χ3v) is 6.07. The summed E-state index contributed by atoms with van der Waals surface area (Å²) in [4.78, 5) is 9.81. The lowest BCUT2D eigenvalue weighted by molar-refractivity contribution is 0.352. The molecule has 0 fully saturated rings. The molecule has 0 aliphatic carbocycles. The summed E-state index contributed by atoms with van der Waals surface area (Å²) >= 11 is 1.78. The SMILES string of the molecule is CSN1Cc2cc(C#N)ccc2N(Cc2cnc[nH]2)C[C@H]1Cc1ccccc1. The smallest absolute Gasteiger partial charge is 0.0991 e. The van der Waals surface area contributed by atoms with E-state index in [1.54, 1.807) is 18.3 Å². The number of fused-ring (bicyclic) bond motifs is 1. The minimum absolute atomic E-state index is 0.359. The Hall–Kier alpha value is -2.75. The predicted octanol–water partition coefficient (Wildman–Crippen LogP) is 3.99. The van der Waals surface area contributed by atoms with Gasteiger partial charge in [-0.05, 0) is 42.0 Å². The van der Waals surface area contributed by atoms with E-state index in [9.17, 15) is 5.26 Å². The highest BCUT2D eigenvalue weighted by Crippen LogP contribution is 2.32. The molecule has 3 aromatic rings. The van der Waals surface area contributed by atoms with Crippen molar-refractivity contribution in [2.24, 2.45) is 0 Å². The second kappa shape index (κ2) is 8.51. The molecule has 1 atom stereocenters. The number of hydrogen-bond acceptors (Lipinski definition) is 5. The number of aromatic amines is 1. The number of nitrogens with one attached hydrogen (secondary N) is 1. The molecule has 2 heterocycles. The maximum Gasteiger partial charge on any atom is 0.0991 e. The van der Waals surface area contributed by atoms with E-state index < -0.39 is 0 Å². The van der Waals surface area contributed by atoms with Gasteiger partial charge >= 0.3 is 0 Å². The Morgan fingerprint density at radius 2 is 2.11 bits per heavy atom. The maximum atomic E-state index is 9.36. The van der Waals surface area contributed by atoms with Gasteiger partial charge in [-0.3, -0.25) is 0 Å². The van der Waals surface area contributed by atoms with E-state index in [1.807, 2.05) is 18.3 Å². The summed E-state index contributed by atoms with van der Waals surface area (Å²) < 4.78 is 2.44. The summed E-state index contributed by atoms with van der Waals surface area (Å²) in [5, 5.41) is 9.36. The fourth-order valence-electron chi connectivity index (χ4n) is 3.82. The monoisotopic (exact) mass is 389 g/mol. The largest absolute Gasteiger partial charge is 0.364 e. The summed E-state index contributed by atoms with van der Waals surface area (Å²) in [5.74, 6) is 0. The van der Waals surface area contributed by atoms with E-state index in [4.69, 9.17) is 0 Å². The lowest BCUT2D eigenvalue weighted by atomic mass is 10.1. The Bertz CT molecular complexity index is 949. The maximum absolute atomic E-state index is 9.36. The van der Waals surface area contributed by atoms with Gasteiger partial charge in [0.1, 0.15) is 0 Å². The molecule has 0 saturated carbocycles. The Kier molecular flexibility index (Phi) is 5.65. The van der Waals surface area contributed by atoms with Crippen molar-refractivity contribution in [3.63, 3.8) is 0 Å². The van der Waals surface area contributed by atoms with Gasteiger partial charge in [0.25, 0.3) is 0 Å². The highest BCUT2D eigenvalue weighted by atomic mass is 32.2. The minimum atomic E-state index is 0.359. The third-order valence-electron chi connectivity index (χ3n) is 5.18. The second-order valence-corrected chi connectivity index (χ2v) is 7.85. The summed E-state index contributed by atoms with van der Waals surface area (Å²) in [5.41, 5.74) is 5.54. The number of hydrogen-bond donors (Lipinski definition) is 1. The Balaban J connectivity index is 1.69.